The van der Waals surface area contributed by atoms with E-state index in [1.807, 2.05) is 0 Å². The molecule has 0 saturated carbocycles. The van der Waals surface area contributed by atoms with Gasteiger partial charge < -0.3 is 5.11 Å². The van der Waals surface area contributed by atoms with Crippen molar-refractivity contribution in [2.24, 2.45) is 0 Å². The Labute approximate surface area is 238 Å². The summed E-state index contributed by atoms with van der Waals surface area (Å²) in [5, 5.41) is 8.14. The third kappa shape index (κ3) is 5.50. The van der Waals surface area contributed by atoms with Gasteiger partial charge in [0.15, 0.2) is 0 Å². The normalized spacial score (nSPS) is 18.2. The molecule has 0 amide bonds. The lowest BCUT2D eigenvalue weighted by molar-refractivity contribution is -0.475. The summed E-state index contributed by atoms with van der Waals surface area (Å²) < 4.78 is 406. The van der Waals surface area contributed by atoms with Crippen LogP contribution in [0.1, 0.15) is 6.42 Å². The van der Waals surface area contributed by atoms with Crippen molar-refractivity contribution < 1.29 is 141 Å². The molecule has 32 heteroatoms. The molecule has 0 aliphatic heterocycles. The molecule has 0 fully saturated rings. The van der Waals surface area contributed by atoms with Gasteiger partial charge in [-0.25, -0.2) is 0 Å². The van der Waals surface area contributed by atoms with E-state index in [0.29, 0.717) is 0 Å². The first kappa shape index (κ1) is 45.8. The van der Waals surface area contributed by atoms with E-state index < -0.39 is 95.7 Å². The summed E-state index contributed by atoms with van der Waals surface area (Å²) in [7, 11) is 0. The molecule has 290 valence electrons. The van der Waals surface area contributed by atoms with Crippen LogP contribution in [0.3, 0.4) is 0 Å². The topological polar surface area (TPSA) is 20.2 Å². The SMILES string of the molecule is OC(F)(C(F)(F)C(F)(F)C(F)(F)F)C(F)(F)C(F)(F)C(F)(F)CC(F)(F)C(F)(F)C(F)(F)C(F)(F)C(F)(F)C(F)(F)C(F)(F)C(F)(F)F. The minimum Gasteiger partial charge on any atom is -0.352 e. The summed E-state index contributed by atoms with van der Waals surface area (Å²) in [5.41, 5.74) is 0. The number of hydrogen-bond donors (Lipinski definition) is 1. The number of hydrogen-bond acceptors (Lipinski definition) is 1. The summed E-state index contributed by atoms with van der Waals surface area (Å²) in [4.78, 5) is 0. The second-order valence-corrected chi connectivity index (χ2v) is 8.95. The molecule has 1 N–H and O–H groups in total. The first-order valence-electron chi connectivity index (χ1n) is 10.0. The molecule has 0 aliphatic carbocycles. The van der Waals surface area contributed by atoms with Gasteiger partial charge in [0, 0.05) is 0 Å². The van der Waals surface area contributed by atoms with Crippen molar-refractivity contribution in [3.8, 4) is 0 Å². The van der Waals surface area contributed by atoms with Crippen LogP contribution >= 0.6 is 0 Å². The molecule has 0 aromatic rings. The maximum Gasteiger partial charge on any atom is 0.460 e. The van der Waals surface area contributed by atoms with Crippen molar-refractivity contribution in [3.05, 3.63) is 0 Å². The van der Waals surface area contributed by atoms with E-state index in [1.165, 1.54) is 0 Å². The quantitative estimate of drug-likeness (QED) is 0.184. The molecule has 0 heterocycles. The zero-order valence-corrected chi connectivity index (χ0v) is 20.4. The van der Waals surface area contributed by atoms with Crippen molar-refractivity contribution >= 4 is 0 Å². The standard InChI is InChI=1S/C16H3F31O/c17-2(18,4(21,22)6(25,26)7(27,28)8(29,30)9(31,32)12(37,38)15(42,43)44)1-3(19,20)5(23,24)10(33,34)14(41,48)11(35,36)13(39,40)16(45,46)47/h48H,1H2. The molecule has 0 aromatic heterocycles. The van der Waals surface area contributed by atoms with Crippen LogP contribution in [0.5, 0.6) is 0 Å². The van der Waals surface area contributed by atoms with Gasteiger partial charge >= 0.3 is 89.3 Å². The Morgan fingerprint density at radius 1 is 0.229 bits per heavy atom. The third-order valence-corrected chi connectivity index (χ3v) is 5.67. The van der Waals surface area contributed by atoms with Crippen LogP contribution in [0.25, 0.3) is 0 Å². The molecule has 0 saturated heterocycles. The Morgan fingerprint density at radius 2 is 0.396 bits per heavy atom. The first-order valence-corrected chi connectivity index (χ1v) is 10.0. The van der Waals surface area contributed by atoms with Crippen LogP contribution in [0, 0.1) is 0 Å². The molecule has 0 rings (SSSR count). The Morgan fingerprint density at radius 3 is 0.646 bits per heavy atom. The Kier molecular flexibility index (Phi) is 10.4. The lowest BCUT2D eigenvalue weighted by atomic mass is 9.84. The Bertz CT molecular complexity index is 1160. The molecule has 0 aliphatic rings. The van der Waals surface area contributed by atoms with Gasteiger partial charge in [0.05, 0.1) is 6.42 Å². The van der Waals surface area contributed by atoms with Crippen molar-refractivity contribution in [3.63, 3.8) is 0 Å². The highest BCUT2D eigenvalue weighted by atomic mass is 19.4. The zero-order chi connectivity index (χ0) is 40.2. The number of halogens is 31. The van der Waals surface area contributed by atoms with E-state index in [1.54, 1.807) is 0 Å². The molecule has 0 aromatic carbocycles. The third-order valence-electron chi connectivity index (χ3n) is 5.67. The molecule has 1 unspecified atom stereocenters. The molecular weight excluding hydrogens is 797 g/mol. The van der Waals surface area contributed by atoms with Crippen molar-refractivity contribution in [1.29, 1.82) is 0 Å². The minimum atomic E-state index is -9.56. The van der Waals surface area contributed by atoms with Gasteiger partial charge in [0.2, 0.25) is 0 Å². The predicted molar refractivity (Wildman–Crippen MR) is 82.1 cm³/mol. The van der Waals surface area contributed by atoms with E-state index in [9.17, 15) is 136 Å². The van der Waals surface area contributed by atoms with Crippen LogP contribution in [-0.4, -0.2) is 94.4 Å². The lowest BCUT2D eigenvalue weighted by Gasteiger charge is -2.45. The molecule has 48 heavy (non-hydrogen) atoms. The Hall–Kier alpha value is -2.21. The smallest absolute Gasteiger partial charge is 0.352 e. The fraction of sp³-hybridized carbons (Fsp3) is 1.00. The summed E-state index contributed by atoms with van der Waals surface area (Å²) in [6, 6.07) is 0. The van der Waals surface area contributed by atoms with Crippen LogP contribution in [0.15, 0.2) is 0 Å². The summed E-state index contributed by atoms with van der Waals surface area (Å²) in [6.45, 7) is 0. The molecule has 0 bridgehead atoms. The van der Waals surface area contributed by atoms with Gasteiger partial charge in [-0.2, -0.15) is 136 Å². The van der Waals surface area contributed by atoms with Gasteiger partial charge in [-0.3, -0.25) is 0 Å². The molecule has 0 radical (unpaired) electrons. The summed E-state index contributed by atoms with van der Waals surface area (Å²) in [6.07, 6.45) is -22.4. The summed E-state index contributed by atoms with van der Waals surface area (Å²) in [5.74, 6) is -118. The van der Waals surface area contributed by atoms with E-state index >= 15 is 0 Å². The molecule has 1 nitrogen and oxygen atoms in total. The number of rotatable bonds is 13. The fourth-order valence-corrected chi connectivity index (χ4v) is 2.72. The predicted octanol–water partition coefficient (Wildman–Crippen LogP) is 9.78. The first-order chi connectivity index (χ1) is 20.0. The second-order valence-electron chi connectivity index (χ2n) is 8.95. The van der Waals surface area contributed by atoms with Crippen molar-refractivity contribution in [2.75, 3.05) is 0 Å². The fourth-order valence-electron chi connectivity index (χ4n) is 2.72. The Balaban J connectivity index is 7.26. The lowest BCUT2D eigenvalue weighted by Crippen LogP contribution is -2.76. The number of alkyl halides is 31. The van der Waals surface area contributed by atoms with E-state index in [4.69, 9.17) is 5.11 Å². The minimum absolute atomic E-state index is 5.99. The van der Waals surface area contributed by atoms with Crippen molar-refractivity contribution in [2.45, 2.75) is 95.7 Å². The van der Waals surface area contributed by atoms with Gasteiger partial charge in [-0.15, -0.1) is 0 Å². The van der Waals surface area contributed by atoms with Gasteiger partial charge in [-0.05, 0) is 0 Å². The zero-order valence-electron chi connectivity index (χ0n) is 20.4. The highest BCUT2D eigenvalue weighted by molar-refractivity contribution is 5.17. The molecular formula is C16H3F31O. The van der Waals surface area contributed by atoms with Gasteiger partial charge in [0.1, 0.15) is 0 Å². The number of aliphatic hydroxyl groups is 1. The van der Waals surface area contributed by atoms with E-state index in [0.717, 1.165) is 0 Å². The highest BCUT2D eigenvalue weighted by Crippen LogP contribution is 2.66. The maximum atomic E-state index is 13.7. The monoisotopic (exact) mass is 800 g/mol. The summed E-state index contributed by atoms with van der Waals surface area (Å²) >= 11 is 0. The average molecular weight is 800 g/mol. The van der Waals surface area contributed by atoms with Crippen LogP contribution < -0.4 is 0 Å². The van der Waals surface area contributed by atoms with Crippen molar-refractivity contribution in [1.82, 2.24) is 0 Å². The maximum absolute atomic E-state index is 13.7. The largest absolute Gasteiger partial charge is 0.460 e. The molecule has 1 atom stereocenters. The van der Waals surface area contributed by atoms with Crippen LogP contribution in [-0.2, 0) is 0 Å². The average Bonchev–Trinajstić information content (AvgIpc) is 2.80. The van der Waals surface area contributed by atoms with Gasteiger partial charge in [-0.1, -0.05) is 0 Å². The van der Waals surface area contributed by atoms with Crippen LogP contribution in [0.4, 0.5) is 136 Å². The van der Waals surface area contributed by atoms with E-state index in [-0.39, 0.29) is 0 Å². The van der Waals surface area contributed by atoms with Gasteiger partial charge in [0.25, 0.3) is 0 Å². The van der Waals surface area contributed by atoms with Crippen LogP contribution in [0.2, 0.25) is 0 Å². The molecule has 0 spiro atoms. The second kappa shape index (κ2) is 10.9. The highest BCUT2D eigenvalue weighted by Gasteiger charge is 2.97. The van der Waals surface area contributed by atoms with E-state index in [2.05, 4.69) is 0 Å².